The number of ether oxygens (including phenoxy) is 1. The van der Waals surface area contributed by atoms with Gasteiger partial charge < -0.3 is 4.74 Å². The molecular weight excluding hydrogens is 264 g/mol. The SMILES string of the molecule is COc1ccc(C2=NN(C)C(=O)c3ccccc3C2)cc1. The molecule has 4 heteroatoms. The highest BCUT2D eigenvalue weighted by Gasteiger charge is 2.21. The molecule has 1 aliphatic heterocycles. The van der Waals surface area contributed by atoms with E-state index < -0.39 is 0 Å². The number of fused-ring (bicyclic) bond motifs is 1. The van der Waals surface area contributed by atoms with Gasteiger partial charge in [0.1, 0.15) is 5.75 Å². The van der Waals surface area contributed by atoms with Gasteiger partial charge in [0.2, 0.25) is 0 Å². The number of amides is 1. The second kappa shape index (κ2) is 5.40. The van der Waals surface area contributed by atoms with E-state index in [-0.39, 0.29) is 5.91 Å². The summed E-state index contributed by atoms with van der Waals surface area (Å²) in [6.45, 7) is 0. The van der Waals surface area contributed by atoms with Crippen molar-refractivity contribution < 1.29 is 9.53 Å². The molecule has 4 nitrogen and oxygen atoms in total. The summed E-state index contributed by atoms with van der Waals surface area (Å²) in [6, 6.07) is 15.4. The predicted octanol–water partition coefficient (Wildman–Crippen LogP) is 2.73. The standard InChI is InChI=1S/C17H16N2O2/c1-19-17(20)15-6-4-3-5-13(15)11-16(18-19)12-7-9-14(21-2)10-8-12/h3-10H,11H2,1-2H3. The summed E-state index contributed by atoms with van der Waals surface area (Å²) in [5, 5.41) is 5.87. The van der Waals surface area contributed by atoms with E-state index in [1.165, 1.54) is 5.01 Å². The van der Waals surface area contributed by atoms with Crippen LogP contribution in [0.4, 0.5) is 0 Å². The number of methoxy groups -OCH3 is 1. The minimum atomic E-state index is -0.0749. The number of carbonyl (C=O) groups is 1. The van der Waals surface area contributed by atoms with Crippen molar-refractivity contribution in [2.45, 2.75) is 6.42 Å². The highest BCUT2D eigenvalue weighted by Crippen LogP contribution is 2.20. The molecule has 0 N–H and O–H groups in total. The minimum Gasteiger partial charge on any atom is -0.497 e. The fourth-order valence-electron chi connectivity index (χ4n) is 2.44. The Morgan fingerprint density at radius 3 is 2.52 bits per heavy atom. The van der Waals surface area contributed by atoms with Crippen LogP contribution >= 0.6 is 0 Å². The molecular formula is C17H16N2O2. The summed E-state index contributed by atoms with van der Waals surface area (Å²) in [5.41, 5.74) is 3.58. The van der Waals surface area contributed by atoms with Gasteiger partial charge in [-0.1, -0.05) is 18.2 Å². The molecule has 0 fully saturated rings. The molecule has 0 atom stereocenters. The van der Waals surface area contributed by atoms with Crippen molar-refractivity contribution in [2.24, 2.45) is 5.10 Å². The van der Waals surface area contributed by atoms with E-state index >= 15 is 0 Å². The van der Waals surface area contributed by atoms with Crippen molar-refractivity contribution >= 4 is 11.6 Å². The molecule has 0 saturated heterocycles. The lowest BCUT2D eigenvalue weighted by molar-refractivity contribution is 0.0800. The lowest BCUT2D eigenvalue weighted by Gasteiger charge is -2.10. The van der Waals surface area contributed by atoms with Crippen LogP contribution in [0.5, 0.6) is 5.75 Å². The Hall–Kier alpha value is -2.62. The Bertz CT molecular complexity index is 705. The van der Waals surface area contributed by atoms with Crippen LogP contribution in [0.15, 0.2) is 53.6 Å². The van der Waals surface area contributed by atoms with Gasteiger partial charge in [0.25, 0.3) is 5.91 Å². The maximum absolute atomic E-state index is 12.3. The Morgan fingerprint density at radius 1 is 1.10 bits per heavy atom. The van der Waals surface area contributed by atoms with Crippen molar-refractivity contribution in [1.82, 2.24) is 5.01 Å². The van der Waals surface area contributed by atoms with Gasteiger partial charge in [-0.05, 0) is 41.5 Å². The summed E-state index contributed by atoms with van der Waals surface area (Å²) in [6.07, 6.45) is 0.637. The smallest absolute Gasteiger partial charge is 0.273 e. The molecule has 1 aliphatic rings. The minimum absolute atomic E-state index is 0.0749. The molecule has 2 aromatic rings. The van der Waals surface area contributed by atoms with Gasteiger partial charge in [-0.3, -0.25) is 4.79 Å². The van der Waals surface area contributed by atoms with Crippen LogP contribution in [-0.4, -0.2) is 30.8 Å². The lowest BCUT2D eigenvalue weighted by Crippen LogP contribution is -2.21. The number of hydrogen-bond acceptors (Lipinski definition) is 3. The predicted molar refractivity (Wildman–Crippen MR) is 81.8 cm³/mol. The molecule has 106 valence electrons. The molecule has 0 bridgehead atoms. The first kappa shape index (κ1) is 13.4. The monoisotopic (exact) mass is 280 g/mol. The largest absolute Gasteiger partial charge is 0.497 e. The fourth-order valence-corrected chi connectivity index (χ4v) is 2.44. The zero-order valence-electron chi connectivity index (χ0n) is 12.0. The topological polar surface area (TPSA) is 41.9 Å². The number of rotatable bonds is 2. The van der Waals surface area contributed by atoms with E-state index in [9.17, 15) is 4.79 Å². The van der Waals surface area contributed by atoms with Crippen molar-refractivity contribution in [3.8, 4) is 5.75 Å². The van der Waals surface area contributed by atoms with Crippen LogP contribution < -0.4 is 4.74 Å². The molecule has 3 rings (SSSR count). The third-order valence-electron chi connectivity index (χ3n) is 3.59. The van der Waals surface area contributed by atoms with Gasteiger partial charge in [0.05, 0.1) is 12.8 Å². The number of nitrogens with zero attached hydrogens (tertiary/aromatic N) is 2. The van der Waals surface area contributed by atoms with E-state index in [0.29, 0.717) is 12.0 Å². The number of carbonyl (C=O) groups excluding carboxylic acids is 1. The molecule has 0 aromatic heterocycles. The molecule has 0 spiro atoms. The molecule has 21 heavy (non-hydrogen) atoms. The normalized spacial score (nSPS) is 14.3. The first-order valence-corrected chi connectivity index (χ1v) is 6.77. The van der Waals surface area contributed by atoms with E-state index in [1.54, 1.807) is 14.2 Å². The van der Waals surface area contributed by atoms with Crippen molar-refractivity contribution in [2.75, 3.05) is 14.2 Å². The summed E-state index contributed by atoms with van der Waals surface area (Å²) >= 11 is 0. The summed E-state index contributed by atoms with van der Waals surface area (Å²) in [7, 11) is 3.33. The molecule has 1 heterocycles. The van der Waals surface area contributed by atoms with Crippen LogP contribution in [0.2, 0.25) is 0 Å². The fraction of sp³-hybridized carbons (Fsp3) is 0.176. The quantitative estimate of drug-likeness (QED) is 0.848. The van der Waals surface area contributed by atoms with Gasteiger partial charge in [0.15, 0.2) is 0 Å². The Labute approximate surface area is 123 Å². The molecule has 0 unspecified atom stereocenters. The van der Waals surface area contributed by atoms with Crippen LogP contribution in [0.3, 0.4) is 0 Å². The number of hydrazone groups is 1. The molecule has 1 amide bonds. The van der Waals surface area contributed by atoms with Gasteiger partial charge in [-0.25, -0.2) is 5.01 Å². The first-order valence-electron chi connectivity index (χ1n) is 6.77. The third-order valence-corrected chi connectivity index (χ3v) is 3.59. The van der Waals surface area contributed by atoms with Gasteiger partial charge in [0, 0.05) is 19.0 Å². The van der Waals surface area contributed by atoms with Gasteiger partial charge in [-0.2, -0.15) is 5.10 Å². The average molecular weight is 280 g/mol. The number of benzene rings is 2. The van der Waals surface area contributed by atoms with E-state index in [2.05, 4.69) is 5.10 Å². The van der Waals surface area contributed by atoms with Crippen LogP contribution in [-0.2, 0) is 6.42 Å². The first-order chi connectivity index (χ1) is 10.2. The molecule has 0 aliphatic carbocycles. The Kier molecular flexibility index (Phi) is 3.44. The highest BCUT2D eigenvalue weighted by atomic mass is 16.5. The summed E-state index contributed by atoms with van der Waals surface area (Å²) in [4.78, 5) is 12.3. The van der Waals surface area contributed by atoms with Crippen LogP contribution in [0, 0.1) is 0 Å². The summed E-state index contributed by atoms with van der Waals surface area (Å²) in [5.74, 6) is 0.729. The molecule has 0 saturated carbocycles. The Morgan fingerprint density at radius 2 is 1.81 bits per heavy atom. The maximum Gasteiger partial charge on any atom is 0.273 e. The molecule has 0 radical (unpaired) electrons. The zero-order valence-corrected chi connectivity index (χ0v) is 12.0. The average Bonchev–Trinajstić information content (AvgIpc) is 2.65. The van der Waals surface area contributed by atoms with Gasteiger partial charge >= 0.3 is 0 Å². The van der Waals surface area contributed by atoms with Crippen molar-refractivity contribution in [3.63, 3.8) is 0 Å². The maximum atomic E-state index is 12.3. The second-order valence-corrected chi connectivity index (χ2v) is 4.94. The van der Waals surface area contributed by atoms with Crippen molar-refractivity contribution in [1.29, 1.82) is 0 Å². The van der Waals surface area contributed by atoms with E-state index in [4.69, 9.17) is 4.74 Å². The third kappa shape index (κ3) is 2.52. The van der Waals surface area contributed by atoms with Crippen LogP contribution in [0.25, 0.3) is 0 Å². The lowest BCUT2D eigenvalue weighted by atomic mass is 9.98. The number of hydrogen-bond donors (Lipinski definition) is 0. The second-order valence-electron chi connectivity index (χ2n) is 4.94. The highest BCUT2D eigenvalue weighted by molar-refractivity contribution is 6.07. The van der Waals surface area contributed by atoms with Gasteiger partial charge in [-0.15, -0.1) is 0 Å². The summed E-state index contributed by atoms with van der Waals surface area (Å²) < 4.78 is 5.17. The Balaban J connectivity index is 2.03. The zero-order chi connectivity index (χ0) is 14.8. The van der Waals surface area contributed by atoms with Crippen LogP contribution in [0.1, 0.15) is 21.5 Å². The molecule has 2 aromatic carbocycles. The van der Waals surface area contributed by atoms with Crippen molar-refractivity contribution in [3.05, 3.63) is 65.2 Å². The van der Waals surface area contributed by atoms with E-state index in [1.807, 2.05) is 48.5 Å². The van der Waals surface area contributed by atoms with E-state index in [0.717, 1.165) is 22.6 Å².